The molecule has 6 nitrogen and oxygen atoms in total. The molecule has 0 aromatic carbocycles. The quantitative estimate of drug-likeness (QED) is 0.851. The third-order valence-electron chi connectivity index (χ3n) is 4.85. The summed E-state index contributed by atoms with van der Waals surface area (Å²) in [6.07, 6.45) is 1.94. The van der Waals surface area contributed by atoms with E-state index < -0.39 is 5.56 Å². The molecule has 1 aliphatic carbocycles. The average Bonchev–Trinajstić information content (AvgIpc) is 2.98. The molecule has 2 aliphatic rings. The number of hydrogen-bond donors (Lipinski definition) is 2. The van der Waals surface area contributed by atoms with Crippen molar-refractivity contribution in [3.63, 3.8) is 0 Å². The smallest absolute Gasteiger partial charge is 0.261 e. The number of aromatic nitrogens is 1. The van der Waals surface area contributed by atoms with E-state index in [-0.39, 0.29) is 28.7 Å². The fourth-order valence-corrected chi connectivity index (χ4v) is 3.51. The number of likely N-dealkylation sites (N-methyl/N-ethyl adjacent to an activating group) is 1. The number of pyridine rings is 1. The maximum absolute atomic E-state index is 12.6. The molecule has 1 atom stereocenters. The van der Waals surface area contributed by atoms with Gasteiger partial charge < -0.3 is 15.2 Å². The number of rotatable bonds is 2. The van der Waals surface area contributed by atoms with Crippen LogP contribution in [0.15, 0.2) is 10.9 Å². The lowest BCUT2D eigenvalue weighted by atomic mass is 9.75. The van der Waals surface area contributed by atoms with Crippen LogP contribution >= 0.6 is 0 Å². The molecule has 124 valence electrons. The van der Waals surface area contributed by atoms with Crippen molar-refractivity contribution < 1.29 is 9.59 Å². The topological polar surface area (TPSA) is 82.3 Å². The number of aromatic amines is 1. The van der Waals surface area contributed by atoms with E-state index >= 15 is 0 Å². The van der Waals surface area contributed by atoms with Gasteiger partial charge in [-0.25, -0.2) is 0 Å². The zero-order valence-electron chi connectivity index (χ0n) is 13.9. The highest BCUT2D eigenvalue weighted by atomic mass is 16.2. The number of carbonyl (C=O) groups excluding carboxylic acids is 2. The Kier molecular flexibility index (Phi) is 3.88. The maximum atomic E-state index is 12.6. The summed E-state index contributed by atoms with van der Waals surface area (Å²) in [6, 6.07) is 1.58. The third kappa shape index (κ3) is 2.95. The number of nitrogens with one attached hydrogen (secondary N) is 2. The van der Waals surface area contributed by atoms with Crippen molar-refractivity contribution in [1.82, 2.24) is 15.2 Å². The van der Waals surface area contributed by atoms with Gasteiger partial charge in [0.25, 0.3) is 11.5 Å². The Morgan fingerprint density at radius 1 is 1.30 bits per heavy atom. The van der Waals surface area contributed by atoms with Crippen LogP contribution in [0.3, 0.4) is 0 Å². The number of ketones is 1. The van der Waals surface area contributed by atoms with Crippen LogP contribution in [0.25, 0.3) is 0 Å². The van der Waals surface area contributed by atoms with Gasteiger partial charge in [0, 0.05) is 37.3 Å². The molecular weight excluding hydrogens is 294 g/mol. The molecule has 1 aromatic heterocycles. The molecule has 0 spiro atoms. The summed E-state index contributed by atoms with van der Waals surface area (Å²) in [5, 5.41) is 3.21. The van der Waals surface area contributed by atoms with E-state index in [0.29, 0.717) is 24.1 Å². The van der Waals surface area contributed by atoms with Gasteiger partial charge in [0.1, 0.15) is 5.56 Å². The first-order valence-electron chi connectivity index (χ1n) is 8.06. The molecule has 23 heavy (non-hydrogen) atoms. The predicted molar refractivity (Wildman–Crippen MR) is 86.9 cm³/mol. The molecule has 3 rings (SSSR count). The van der Waals surface area contributed by atoms with Crippen molar-refractivity contribution in [1.29, 1.82) is 0 Å². The Balaban J connectivity index is 1.95. The lowest BCUT2D eigenvalue weighted by Crippen LogP contribution is -2.41. The zero-order chi connectivity index (χ0) is 16.8. The number of fused-ring (bicyclic) bond motifs is 1. The van der Waals surface area contributed by atoms with E-state index in [1.54, 1.807) is 11.9 Å². The summed E-state index contributed by atoms with van der Waals surface area (Å²) < 4.78 is 0. The van der Waals surface area contributed by atoms with Crippen molar-refractivity contribution >= 4 is 11.7 Å². The molecule has 1 saturated heterocycles. The van der Waals surface area contributed by atoms with Crippen LogP contribution in [-0.2, 0) is 6.42 Å². The molecule has 1 amide bonds. The number of amides is 1. The van der Waals surface area contributed by atoms with Gasteiger partial charge >= 0.3 is 0 Å². The molecule has 0 bridgehead atoms. The van der Waals surface area contributed by atoms with Gasteiger partial charge in [0.05, 0.1) is 0 Å². The van der Waals surface area contributed by atoms with E-state index in [9.17, 15) is 14.4 Å². The molecule has 0 radical (unpaired) electrons. The molecule has 2 N–H and O–H groups in total. The first-order valence-corrected chi connectivity index (χ1v) is 8.06. The second-order valence-corrected chi connectivity index (χ2v) is 7.41. The first kappa shape index (κ1) is 15.9. The largest absolute Gasteiger partial charge is 0.337 e. The highest BCUT2D eigenvalue weighted by molar-refractivity contribution is 6.02. The fraction of sp³-hybridized carbons (Fsp3) is 0.588. The van der Waals surface area contributed by atoms with Crippen LogP contribution in [0.1, 0.15) is 53.1 Å². The number of hydrogen-bond acceptors (Lipinski definition) is 4. The van der Waals surface area contributed by atoms with Crippen molar-refractivity contribution in [2.24, 2.45) is 5.41 Å². The van der Waals surface area contributed by atoms with Gasteiger partial charge in [-0.15, -0.1) is 0 Å². The summed E-state index contributed by atoms with van der Waals surface area (Å²) in [5.74, 6) is -0.327. The summed E-state index contributed by atoms with van der Waals surface area (Å²) >= 11 is 0. The molecule has 2 heterocycles. The highest BCUT2D eigenvalue weighted by Crippen LogP contribution is 2.33. The standard InChI is InChI=1S/C17H23N3O3/c1-17(2)7-13-11(14(21)8-17)6-12(15(22)19-13)16(23)20(3)10-4-5-18-9-10/h6,10,18H,4-5,7-9H2,1-3H3,(H,19,22). The second kappa shape index (κ2) is 5.60. The Hall–Kier alpha value is -1.95. The summed E-state index contributed by atoms with van der Waals surface area (Å²) in [4.78, 5) is 41.7. The average molecular weight is 317 g/mol. The molecular formula is C17H23N3O3. The predicted octanol–water partition coefficient (Wildman–Crippen LogP) is 0.964. The third-order valence-corrected chi connectivity index (χ3v) is 4.85. The van der Waals surface area contributed by atoms with Gasteiger partial charge in [0.2, 0.25) is 0 Å². The van der Waals surface area contributed by atoms with Gasteiger partial charge in [-0.1, -0.05) is 13.8 Å². The van der Waals surface area contributed by atoms with E-state index in [0.717, 1.165) is 19.5 Å². The molecule has 1 aromatic rings. The van der Waals surface area contributed by atoms with Crippen LogP contribution in [0.4, 0.5) is 0 Å². The van der Waals surface area contributed by atoms with E-state index in [2.05, 4.69) is 10.3 Å². The number of nitrogens with zero attached hydrogens (tertiary/aromatic N) is 1. The molecule has 0 saturated carbocycles. The second-order valence-electron chi connectivity index (χ2n) is 7.41. The SMILES string of the molecule is CN(C(=O)c1cc2c([nH]c1=O)CC(C)(C)CC2=O)C1CCNC1. The molecule has 1 unspecified atom stereocenters. The minimum atomic E-state index is -0.406. The van der Waals surface area contributed by atoms with Gasteiger partial charge in [-0.05, 0) is 30.9 Å². The van der Waals surface area contributed by atoms with Gasteiger partial charge in [-0.2, -0.15) is 0 Å². The Morgan fingerprint density at radius 2 is 2.04 bits per heavy atom. The fourth-order valence-electron chi connectivity index (χ4n) is 3.51. The van der Waals surface area contributed by atoms with Crippen LogP contribution in [0.5, 0.6) is 0 Å². The minimum Gasteiger partial charge on any atom is -0.337 e. The van der Waals surface area contributed by atoms with Crippen LogP contribution in [0, 0.1) is 5.41 Å². The maximum Gasteiger partial charge on any atom is 0.261 e. The highest BCUT2D eigenvalue weighted by Gasteiger charge is 2.33. The van der Waals surface area contributed by atoms with Crippen molar-refractivity contribution in [2.75, 3.05) is 20.1 Å². The summed E-state index contributed by atoms with van der Waals surface area (Å²) in [5.41, 5.74) is 0.636. The van der Waals surface area contributed by atoms with Crippen molar-refractivity contribution in [3.05, 3.63) is 33.2 Å². The van der Waals surface area contributed by atoms with Crippen LogP contribution in [-0.4, -0.2) is 47.8 Å². The molecule has 1 aliphatic heterocycles. The van der Waals surface area contributed by atoms with Crippen molar-refractivity contribution in [2.45, 2.75) is 39.2 Å². The molecule has 1 fully saturated rings. The van der Waals surface area contributed by atoms with E-state index in [4.69, 9.17) is 0 Å². The molecule has 6 heteroatoms. The van der Waals surface area contributed by atoms with Crippen molar-refractivity contribution in [3.8, 4) is 0 Å². The normalized spacial score (nSPS) is 22.7. The monoisotopic (exact) mass is 317 g/mol. The van der Waals surface area contributed by atoms with E-state index in [1.807, 2.05) is 13.8 Å². The summed E-state index contributed by atoms with van der Waals surface area (Å²) in [7, 11) is 1.71. The van der Waals surface area contributed by atoms with Crippen LogP contribution in [0.2, 0.25) is 0 Å². The Morgan fingerprint density at radius 3 is 2.70 bits per heavy atom. The number of H-pyrrole nitrogens is 1. The van der Waals surface area contributed by atoms with Gasteiger partial charge in [0.15, 0.2) is 5.78 Å². The Labute approximate surface area is 135 Å². The van der Waals surface area contributed by atoms with E-state index in [1.165, 1.54) is 6.07 Å². The minimum absolute atomic E-state index is 0.00765. The lowest BCUT2D eigenvalue weighted by molar-refractivity contribution is 0.0742. The summed E-state index contributed by atoms with van der Waals surface area (Å²) in [6.45, 7) is 5.62. The Bertz CT molecular complexity index is 714. The van der Waals surface area contributed by atoms with Crippen LogP contribution < -0.4 is 10.9 Å². The number of Topliss-reactive ketones (excluding diaryl/α,β-unsaturated/α-hetero) is 1. The lowest BCUT2D eigenvalue weighted by Gasteiger charge is -2.30. The zero-order valence-corrected chi connectivity index (χ0v) is 13.9. The first-order chi connectivity index (χ1) is 10.8. The number of carbonyl (C=O) groups is 2. The van der Waals surface area contributed by atoms with Gasteiger partial charge in [-0.3, -0.25) is 14.4 Å².